The molecule has 0 aromatic heterocycles. The van der Waals surface area contributed by atoms with E-state index in [4.69, 9.17) is 0 Å². The van der Waals surface area contributed by atoms with Crippen molar-refractivity contribution in [1.82, 2.24) is 5.32 Å². The Kier molecular flexibility index (Phi) is 4.98. The third-order valence-corrected chi connectivity index (χ3v) is 4.03. The molecule has 0 saturated carbocycles. The van der Waals surface area contributed by atoms with Gasteiger partial charge in [-0.15, -0.1) is 0 Å². The SMILES string of the molecule is CN(C)c1ccc(N=C[C@H]2C(=O)NC(=O)N(c3ccc(F)cc3)C2=O)cc1. The molecule has 0 aliphatic carbocycles. The van der Waals surface area contributed by atoms with Crippen molar-refractivity contribution in [2.75, 3.05) is 23.9 Å². The summed E-state index contributed by atoms with van der Waals surface area (Å²) >= 11 is 0. The number of nitrogens with one attached hydrogen (secondary N) is 1. The third kappa shape index (κ3) is 3.84. The Balaban J connectivity index is 1.83. The number of benzene rings is 2. The van der Waals surface area contributed by atoms with Gasteiger partial charge in [-0.25, -0.2) is 14.1 Å². The number of hydrogen-bond acceptors (Lipinski definition) is 5. The van der Waals surface area contributed by atoms with Gasteiger partial charge in [-0.1, -0.05) is 0 Å². The zero-order chi connectivity index (χ0) is 19.6. The van der Waals surface area contributed by atoms with Gasteiger partial charge in [0.25, 0.3) is 5.91 Å². The highest BCUT2D eigenvalue weighted by Gasteiger charge is 2.40. The second kappa shape index (κ2) is 7.36. The maximum Gasteiger partial charge on any atom is 0.335 e. The van der Waals surface area contributed by atoms with Gasteiger partial charge in [0.15, 0.2) is 5.92 Å². The van der Waals surface area contributed by atoms with Crippen molar-refractivity contribution in [1.29, 1.82) is 0 Å². The summed E-state index contributed by atoms with van der Waals surface area (Å²) in [6.07, 6.45) is 1.20. The highest BCUT2D eigenvalue weighted by molar-refractivity contribution is 6.32. The van der Waals surface area contributed by atoms with E-state index < -0.39 is 29.6 Å². The summed E-state index contributed by atoms with van der Waals surface area (Å²) < 4.78 is 13.1. The summed E-state index contributed by atoms with van der Waals surface area (Å²) in [6.45, 7) is 0. The normalized spacial score (nSPS) is 17.4. The van der Waals surface area contributed by atoms with Crippen molar-refractivity contribution in [3.63, 3.8) is 0 Å². The Hall–Kier alpha value is -3.55. The van der Waals surface area contributed by atoms with Crippen LogP contribution in [0.3, 0.4) is 0 Å². The first-order chi connectivity index (χ1) is 12.9. The average molecular weight is 368 g/mol. The molecule has 1 aliphatic rings. The molecule has 0 unspecified atom stereocenters. The number of aliphatic imine (C=N–C) groups is 1. The van der Waals surface area contributed by atoms with Crippen molar-refractivity contribution in [2.24, 2.45) is 10.9 Å². The van der Waals surface area contributed by atoms with Gasteiger partial charge in [0.2, 0.25) is 5.91 Å². The summed E-state index contributed by atoms with van der Waals surface area (Å²) in [7, 11) is 3.81. The number of hydrogen-bond donors (Lipinski definition) is 1. The number of carbonyl (C=O) groups excluding carboxylic acids is 3. The second-order valence-electron chi connectivity index (χ2n) is 6.11. The van der Waals surface area contributed by atoms with Crippen LogP contribution in [0.1, 0.15) is 0 Å². The molecule has 0 spiro atoms. The van der Waals surface area contributed by atoms with Crippen LogP contribution >= 0.6 is 0 Å². The van der Waals surface area contributed by atoms with Crippen molar-refractivity contribution in [3.05, 3.63) is 54.3 Å². The molecule has 2 aromatic rings. The van der Waals surface area contributed by atoms with E-state index in [9.17, 15) is 18.8 Å². The van der Waals surface area contributed by atoms with Gasteiger partial charge < -0.3 is 4.90 Å². The number of urea groups is 1. The quantitative estimate of drug-likeness (QED) is 0.664. The molecule has 1 aliphatic heterocycles. The van der Waals surface area contributed by atoms with Gasteiger partial charge in [0.1, 0.15) is 5.82 Å². The molecule has 1 fully saturated rings. The van der Waals surface area contributed by atoms with E-state index in [0.717, 1.165) is 22.7 Å². The number of rotatable bonds is 4. The lowest BCUT2D eigenvalue weighted by molar-refractivity contribution is -0.131. The number of barbiturate groups is 1. The van der Waals surface area contributed by atoms with Crippen LogP contribution in [0.15, 0.2) is 53.5 Å². The smallest absolute Gasteiger partial charge is 0.335 e. The van der Waals surface area contributed by atoms with Crippen molar-refractivity contribution in [2.45, 2.75) is 0 Å². The third-order valence-electron chi connectivity index (χ3n) is 4.03. The van der Waals surface area contributed by atoms with Crippen LogP contribution < -0.4 is 15.1 Å². The Morgan fingerprint density at radius 1 is 1.04 bits per heavy atom. The molecule has 27 heavy (non-hydrogen) atoms. The van der Waals surface area contributed by atoms with Gasteiger partial charge in [0.05, 0.1) is 11.4 Å². The van der Waals surface area contributed by atoms with Crippen LogP contribution in [0, 0.1) is 11.7 Å². The molecule has 3 rings (SSSR count). The van der Waals surface area contributed by atoms with Crippen LogP contribution in [0.2, 0.25) is 0 Å². The summed E-state index contributed by atoms with van der Waals surface area (Å²) in [5.41, 5.74) is 1.71. The minimum absolute atomic E-state index is 0.167. The van der Waals surface area contributed by atoms with Gasteiger partial charge in [-0.05, 0) is 48.5 Å². The summed E-state index contributed by atoms with van der Waals surface area (Å²) in [4.78, 5) is 43.7. The fraction of sp³-hybridized carbons (Fsp3) is 0.158. The molecule has 1 saturated heterocycles. The van der Waals surface area contributed by atoms with E-state index in [2.05, 4.69) is 10.3 Å². The van der Waals surface area contributed by atoms with Crippen LogP contribution in [0.25, 0.3) is 0 Å². The predicted molar refractivity (Wildman–Crippen MR) is 99.8 cm³/mol. The maximum atomic E-state index is 13.1. The van der Waals surface area contributed by atoms with Crippen molar-refractivity contribution in [3.8, 4) is 0 Å². The first-order valence-electron chi connectivity index (χ1n) is 8.13. The van der Waals surface area contributed by atoms with Crippen LogP contribution in [-0.2, 0) is 9.59 Å². The number of halogens is 1. The molecule has 2 aromatic carbocycles. The Morgan fingerprint density at radius 2 is 1.67 bits per heavy atom. The fourth-order valence-electron chi connectivity index (χ4n) is 2.55. The van der Waals surface area contributed by atoms with Gasteiger partial charge >= 0.3 is 6.03 Å². The lowest BCUT2D eigenvalue weighted by Gasteiger charge is -2.28. The first-order valence-corrected chi connectivity index (χ1v) is 8.13. The van der Waals surface area contributed by atoms with E-state index in [-0.39, 0.29) is 5.69 Å². The Labute approximate surface area is 155 Å². The standard InChI is InChI=1S/C19H17FN4O3/c1-23(2)14-9-5-13(6-10-14)21-11-16-17(25)22-19(27)24(18(16)26)15-7-3-12(20)4-8-15/h3-11,16H,1-2H3,(H,22,25,27)/t16-/m0/s1. The minimum atomic E-state index is -1.26. The Morgan fingerprint density at radius 3 is 2.26 bits per heavy atom. The molecule has 1 atom stereocenters. The van der Waals surface area contributed by atoms with E-state index >= 15 is 0 Å². The number of carbonyl (C=O) groups is 3. The van der Waals surface area contributed by atoms with Crippen molar-refractivity contribution < 1.29 is 18.8 Å². The largest absolute Gasteiger partial charge is 0.378 e. The molecular formula is C19H17FN4O3. The zero-order valence-corrected chi connectivity index (χ0v) is 14.7. The molecule has 8 heteroatoms. The highest BCUT2D eigenvalue weighted by Crippen LogP contribution is 2.22. The van der Waals surface area contributed by atoms with E-state index in [0.29, 0.717) is 5.69 Å². The number of amides is 4. The summed E-state index contributed by atoms with van der Waals surface area (Å²) in [6, 6.07) is 11.2. The number of anilines is 2. The topological polar surface area (TPSA) is 82.1 Å². The van der Waals surface area contributed by atoms with Gasteiger partial charge in [-0.3, -0.25) is 19.9 Å². The monoisotopic (exact) mass is 368 g/mol. The summed E-state index contributed by atoms with van der Waals surface area (Å²) in [5.74, 6) is -3.26. The van der Waals surface area contributed by atoms with E-state index in [1.807, 2.05) is 31.1 Å². The lowest BCUT2D eigenvalue weighted by Crippen LogP contribution is -2.58. The molecular weight excluding hydrogens is 351 g/mol. The molecule has 0 bridgehead atoms. The van der Waals surface area contributed by atoms with Gasteiger partial charge in [-0.2, -0.15) is 0 Å². The van der Waals surface area contributed by atoms with Crippen LogP contribution in [0.4, 0.5) is 26.2 Å². The first kappa shape index (κ1) is 18.2. The highest BCUT2D eigenvalue weighted by atomic mass is 19.1. The molecule has 0 radical (unpaired) electrons. The maximum absolute atomic E-state index is 13.1. The summed E-state index contributed by atoms with van der Waals surface area (Å²) in [5, 5.41) is 2.12. The molecule has 7 nitrogen and oxygen atoms in total. The van der Waals surface area contributed by atoms with Crippen LogP contribution in [-0.4, -0.2) is 38.2 Å². The number of nitrogens with zero attached hydrogens (tertiary/aromatic N) is 3. The molecule has 1 heterocycles. The lowest BCUT2D eigenvalue weighted by atomic mass is 10.1. The second-order valence-corrected chi connectivity index (χ2v) is 6.11. The van der Waals surface area contributed by atoms with E-state index in [1.165, 1.54) is 18.3 Å². The van der Waals surface area contributed by atoms with E-state index in [1.54, 1.807) is 12.1 Å². The molecule has 1 N–H and O–H groups in total. The minimum Gasteiger partial charge on any atom is -0.378 e. The average Bonchev–Trinajstić information content (AvgIpc) is 2.63. The van der Waals surface area contributed by atoms with Crippen molar-refractivity contribution >= 4 is 41.1 Å². The molecule has 4 amide bonds. The number of imide groups is 2. The van der Waals surface area contributed by atoms with Crippen LogP contribution in [0.5, 0.6) is 0 Å². The van der Waals surface area contributed by atoms with Gasteiger partial charge in [0, 0.05) is 26.0 Å². The zero-order valence-electron chi connectivity index (χ0n) is 14.7. The Bertz CT molecular complexity index is 908. The molecule has 138 valence electrons. The fourth-order valence-corrected chi connectivity index (χ4v) is 2.55. The predicted octanol–water partition coefficient (Wildman–Crippen LogP) is 2.49.